The van der Waals surface area contributed by atoms with Gasteiger partial charge in [-0.3, -0.25) is 4.79 Å². The van der Waals surface area contributed by atoms with Crippen molar-refractivity contribution >= 4 is 17.7 Å². The van der Waals surface area contributed by atoms with Crippen LogP contribution in [-0.4, -0.2) is 50.4 Å². The molecule has 1 N–H and O–H groups in total. The van der Waals surface area contributed by atoms with Crippen LogP contribution in [0, 0.1) is 16.7 Å². The van der Waals surface area contributed by atoms with Crippen molar-refractivity contribution < 1.29 is 14.3 Å². The topological polar surface area (TPSA) is 47.6 Å². The third-order valence-electron chi connectivity index (χ3n) is 6.19. The van der Waals surface area contributed by atoms with Crippen molar-refractivity contribution in [3.05, 3.63) is 0 Å². The summed E-state index contributed by atoms with van der Waals surface area (Å²) in [6.45, 7) is 9.89. The van der Waals surface area contributed by atoms with Gasteiger partial charge in [0, 0.05) is 19.6 Å². The van der Waals surface area contributed by atoms with Gasteiger partial charge in [-0.05, 0) is 73.2 Å². The van der Waals surface area contributed by atoms with Crippen molar-refractivity contribution in [3.8, 4) is 0 Å². The smallest absolute Gasteiger partial charge is 0.220 e. The Morgan fingerprint density at radius 1 is 1.04 bits per heavy atom. The number of ether oxygens (including phenoxy) is 2. The number of amides is 1. The average Bonchev–Trinajstić information content (AvgIpc) is 3.16. The first-order valence-electron chi connectivity index (χ1n) is 11.0. The molecule has 0 spiro atoms. The number of thioether (sulfide) groups is 1. The fraction of sp³-hybridized carbons (Fsp3) is 0.955. The molecule has 0 aromatic carbocycles. The monoisotopic (exact) mass is 399 g/mol. The summed E-state index contributed by atoms with van der Waals surface area (Å²) >= 11 is 2.12. The van der Waals surface area contributed by atoms with Gasteiger partial charge in [0.1, 0.15) is 0 Å². The Bertz CT molecular complexity index is 433. The summed E-state index contributed by atoms with van der Waals surface area (Å²) in [5.41, 5.74) is 0.834. The van der Waals surface area contributed by atoms with Crippen LogP contribution in [-0.2, 0) is 14.3 Å². The lowest BCUT2D eigenvalue weighted by atomic mass is 9.80. The fourth-order valence-electron chi connectivity index (χ4n) is 4.63. The SMILES string of the molecule is CCCSCC12CCC(CC(=O)NCCOCCOCCC(C)C)(CC1)C2. The Hall–Kier alpha value is -0.260. The molecule has 2 aliphatic rings. The maximum absolute atomic E-state index is 12.4. The van der Waals surface area contributed by atoms with Gasteiger partial charge < -0.3 is 14.8 Å². The summed E-state index contributed by atoms with van der Waals surface area (Å²) < 4.78 is 11.1. The first kappa shape index (κ1) is 23.0. The molecule has 0 heterocycles. The molecule has 4 nitrogen and oxygen atoms in total. The van der Waals surface area contributed by atoms with Crippen LogP contribution in [0.4, 0.5) is 0 Å². The Kier molecular flexibility index (Phi) is 9.95. The molecule has 5 heteroatoms. The highest BCUT2D eigenvalue weighted by molar-refractivity contribution is 7.99. The summed E-state index contributed by atoms with van der Waals surface area (Å²) in [6.07, 6.45) is 9.50. The molecule has 2 aliphatic carbocycles. The van der Waals surface area contributed by atoms with Crippen LogP contribution in [0.2, 0.25) is 0 Å². The van der Waals surface area contributed by atoms with Gasteiger partial charge in [0.25, 0.3) is 0 Å². The maximum Gasteiger partial charge on any atom is 0.220 e. The van der Waals surface area contributed by atoms with Crippen LogP contribution < -0.4 is 5.32 Å². The molecule has 158 valence electrons. The van der Waals surface area contributed by atoms with Crippen molar-refractivity contribution in [2.45, 2.75) is 72.1 Å². The van der Waals surface area contributed by atoms with E-state index in [0.717, 1.165) is 13.0 Å². The van der Waals surface area contributed by atoms with Crippen LogP contribution in [0.5, 0.6) is 0 Å². The van der Waals surface area contributed by atoms with Gasteiger partial charge in [-0.15, -0.1) is 0 Å². The zero-order valence-electron chi connectivity index (χ0n) is 17.8. The van der Waals surface area contributed by atoms with Crippen LogP contribution >= 0.6 is 11.8 Å². The molecule has 0 atom stereocenters. The number of nitrogens with one attached hydrogen (secondary N) is 1. The summed E-state index contributed by atoms with van der Waals surface area (Å²) in [5.74, 6) is 3.47. The normalized spacial score (nSPS) is 26.8. The van der Waals surface area contributed by atoms with E-state index in [9.17, 15) is 4.79 Å². The lowest BCUT2D eigenvalue weighted by molar-refractivity contribution is -0.123. The highest BCUT2D eigenvalue weighted by Crippen LogP contribution is 2.63. The first-order valence-corrected chi connectivity index (χ1v) is 12.1. The maximum atomic E-state index is 12.4. The van der Waals surface area contributed by atoms with Crippen molar-refractivity contribution in [3.63, 3.8) is 0 Å². The fourth-order valence-corrected chi connectivity index (χ4v) is 5.89. The molecule has 0 aromatic rings. The van der Waals surface area contributed by atoms with Gasteiger partial charge in [0.05, 0.1) is 19.8 Å². The average molecular weight is 400 g/mol. The molecular formula is C22H41NO3S. The lowest BCUT2D eigenvalue weighted by Crippen LogP contribution is -2.32. The third-order valence-corrected chi connectivity index (χ3v) is 7.71. The van der Waals surface area contributed by atoms with E-state index in [0.29, 0.717) is 49.5 Å². The molecule has 0 aromatic heterocycles. The van der Waals surface area contributed by atoms with E-state index in [-0.39, 0.29) is 5.91 Å². The molecule has 27 heavy (non-hydrogen) atoms. The standard InChI is InChI=1S/C22H41NO3S/c1-4-15-27-18-22-8-6-21(17-22,7-9-22)16-20(24)23-10-12-26-14-13-25-11-5-19(2)3/h19H,4-18H2,1-3H3,(H,23,24). The second-order valence-corrected chi connectivity index (χ2v) is 10.3. The van der Waals surface area contributed by atoms with Crippen LogP contribution in [0.25, 0.3) is 0 Å². The van der Waals surface area contributed by atoms with Crippen molar-refractivity contribution in [1.29, 1.82) is 0 Å². The molecule has 1 amide bonds. The van der Waals surface area contributed by atoms with Gasteiger partial charge in [-0.25, -0.2) is 0 Å². The zero-order chi connectivity index (χ0) is 19.6. The van der Waals surface area contributed by atoms with Crippen molar-refractivity contribution in [2.24, 2.45) is 16.7 Å². The highest BCUT2D eigenvalue weighted by Gasteiger charge is 2.54. The van der Waals surface area contributed by atoms with Crippen LogP contribution in [0.3, 0.4) is 0 Å². The quantitative estimate of drug-likeness (QED) is 0.407. The van der Waals surface area contributed by atoms with E-state index in [1.807, 2.05) is 0 Å². The molecule has 2 saturated carbocycles. The number of carbonyl (C=O) groups excluding carboxylic acids is 1. The third kappa shape index (κ3) is 7.94. The van der Waals surface area contributed by atoms with Gasteiger partial charge in [0.2, 0.25) is 5.91 Å². The Labute approximate surface area is 170 Å². The number of hydrogen-bond donors (Lipinski definition) is 1. The molecular weight excluding hydrogens is 358 g/mol. The van der Waals surface area contributed by atoms with Gasteiger partial charge in [-0.2, -0.15) is 11.8 Å². The van der Waals surface area contributed by atoms with E-state index in [2.05, 4.69) is 37.8 Å². The van der Waals surface area contributed by atoms with Crippen LogP contribution in [0.1, 0.15) is 72.1 Å². The summed E-state index contributed by atoms with van der Waals surface area (Å²) in [5, 5.41) is 3.06. The van der Waals surface area contributed by atoms with E-state index in [1.165, 1.54) is 50.0 Å². The first-order chi connectivity index (χ1) is 13.0. The minimum atomic E-state index is 0.214. The summed E-state index contributed by atoms with van der Waals surface area (Å²) in [7, 11) is 0. The number of fused-ring (bicyclic) bond motifs is 2. The minimum absolute atomic E-state index is 0.214. The van der Waals surface area contributed by atoms with Gasteiger partial charge in [0.15, 0.2) is 0 Å². The number of rotatable bonds is 15. The lowest BCUT2D eigenvalue weighted by Gasteiger charge is -2.27. The predicted octanol–water partition coefficient (Wildman–Crippen LogP) is 4.67. The Morgan fingerprint density at radius 3 is 2.37 bits per heavy atom. The van der Waals surface area contributed by atoms with Gasteiger partial charge >= 0.3 is 0 Å². The summed E-state index contributed by atoms with van der Waals surface area (Å²) in [4.78, 5) is 12.4. The molecule has 0 radical (unpaired) electrons. The second-order valence-electron chi connectivity index (χ2n) is 9.16. The number of carbonyl (C=O) groups is 1. The predicted molar refractivity (Wildman–Crippen MR) is 114 cm³/mol. The van der Waals surface area contributed by atoms with E-state index in [1.54, 1.807) is 0 Å². The van der Waals surface area contributed by atoms with Crippen molar-refractivity contribution in [1.82, 2.24) is 5.32 Å². The molecule has 0 aliphatic heterocycles. The van der Waals surface area contributed by atoms with Gasteiger partial charge in [-0.1, -0.05) is 20.8 Å². The Balaban J connectivity index is 1.51. The number of hydrogen-bond acceptors (Lipinski definition) is 4. The zero-order valence-corrected chi connectivity index (χ0v) is 18.6. The summed E-state index contributed by atoms with van der Waals surface area (Å²) in [6, 6.07) is 0. The molecule has 0 saturated heterocycles. The van der Waals surface area contributed by atoms with E-state index in [4.69, 9.17) is 9.47 Å². The molecule has 2 bridgehead atoms. The van der Waals surface area contributed by atoms with Crippen molar-refractivity contribution in [2.75, 3.05) is 44.5 Å². The van der Waals surface area contributed by atoms with Crippen LogP contribution in [0.15, 0.2) is 0 Å². The Morgan fingerprint density at radius 2 is 1.70 bits per heavy atom. The molecule has 0 unspecified atom stereocenters. The second kappa shape index (κ2) is 11.7. The largest absolute Gasteiger partial charge is 0.379 e. The minimum Gasteiger partial charge on any atom is -0.379 e. The van der Waals surface area contributed by atoms with E-state index < -0.39 is 0 Å². The molecule has 2 fully saturated rings. The highest BCUT2D eigenvalue weighted by atomic mass is 32.2. The molecule has 2 rings (SSSR count). The van der Waals surface area contributed by atoms with E-state index >= 15 is 0 Å².